The first-order chi connectivity index (χ1) is 4.48. The average molecular weight is 150 g/mol. The highest BCUT2D eigenvalue weighted by Gasteiger charge is 2.24. The Kier molecular flexibility index (Phi) is 3.81. The van der Waals surface area contributed by atoms with Gasteiger partial charge in [0.2, 0.25) is 0 Å². The summed E-state index contributed by atoms with van der Waals surface area (Å²) in [5, 5.41) is 34.5. The molecule has 0 saturated carbocycles. The molecule has 0 radical (unpaired) electrons. The second-order valence-corrected chi connectivity index (χ2v) is 2.42. The lowest BCUT2D eigenvalue weighted by Gasteiger charge is -2.21. The predicted octanol–water partition coefficient (Wildman–Crippen LogP) is -0.832. The van der Waals surface area contributed by atoms with E-state index in [0.29, 0.717) is 6.42 Å². The molecule has 0 bridgehead atoms. The van der Waals surface area contributed by atoms with Crippen LogP contribution in [0.25, 0.3) is 0 Å². The third-order valence-corrected chi connectivity index (χ3v) is 1.16. The van der Waals surface area contributed by atoms with Crippen LogP contribution in [0.15, 0.2) is 0 Å². The van der Waals surface area contributed by atoms with E-state index in [1.807, 2.05) is 0 Å². The van der Waals surface area contributed by atoms with Crippen LogP contribution in [-0.4, -0.2) is 32.5 Å². The summed E-state index contributed by atoms with van der Waals surface area (Å²) in [6.07, 6.45) is -1.31. The van der Waals surface area contributed by atoms with Gasteiger partial charge in [-0.25, -0.2) is 0 Å². The quantitative estimate of drug-likeness (QED) is 0.394. The fourth-order valence-electron chi connectivity index (χ4n) is 0.795. The number of aliphatic hydroxyl groups excluding tert-OH is 1. The van der Waals surface area contributed by atoms with Crippen LogP contribution in [0.1, 0.15) is 26.2 Å². The summed E-state index contributed by atoms with van der Waals surface area (Å²) in [5.41, 5.74) is 0. The molecule has 0 atom stereocenters. The van der Waals surface area contributed by atoms with Crippen molar-refractivity contribution in [2.75, 3.05) is 0 Å². The van der Waals surface area contributed by atoms with Crippen LogP contribution in [0, 0.1) is 0 Å². The molecule has 62 valence electrons. The molecule has 0 amide bonds. The monoisotopic (exact) mass is 150 g/mol. The SMILES string of the molecule is CCCC(O)(O)CC(O)O. The van der Waals surface area contributed by atoms with Crippen LogP contribution in [0.3, 0.4) is 0 Å². The molecule has 0 saturated heterocycles. The smallest absolute Gasteiger partial charge is 0.167 e. The maximum Gasteiger partial charge on any atom is 0.167 e. The highest BCUT2D eigenvalue weighted by Crippen LogP contribution is 2.14. The molecule has 0 aliphatic heterocycles. The molecule has 0 aliphatic rings. The maximum atomic E-state index is 8.92. The first kappa shape index (κ1) is 9.84. The zero-order valence-corrected chi connectivity index (χ0v) is 5.99. The summed E-state index contributed by atoms with van der Waals surface area (Å²) in [5.74, 6) is -1.93. The zero-order chi connectivity index (χ0) is 8.20. The predicted molar refractivity (Wildman–Crippen MR) is 34.9 cm³/mol. The molecule has 0 unspecified atom stereocenters. The molecule has 0 aromatic heterocycles. The van der Waals surface area contributed by atoms with Crippen LogP contribution in [0.5, 0.6) is 0 Å². The molecular weight excluding hydrogens is 136 g/mol. The van der Waals surface area contributed by atoms with Gasteiger partial charge in [0, 0.05) is 6.42 Å². The minimum Gasteiger partial charge on any atom is -0.368 e. The zero-order valence-electron chi connectivity index (χ0n) is 5.99. The van der Waals surface area contributed by atoms with Gasteiger partial charge in [0.15, 0.2) is 12.1 Å². The van der Waals surface area contributed by atoms with Crippen molar-refractivity contribution >= 4 is 0 Å². The Morgan fingerprint density at radius 1 is 1.30 bits per heavy atom. The largest absolute Gasteiger partial charge is 0.368 e. The van der Waals surface area contributed by atoms with Crippen LogP contribution in [0.4, 0.5) is 0 Å². The van der Waals surface area contributed by atoms with Crippen LogP contribution >= 0.6 is 0 Å². The highest BCUT2D eigenvalue weighted by molar-refractivity contribution is 4.63. The molecule has 0 spiro atoms. The van der Waals surface area contributed by atoms with E-state index in [9.17, 15) is 0 Å². The standard InChI is InChI=1S/C6H14O4/c1-2-3-6(9,10)4-5(7)8/h5,7-10H,2-4H2,1H3. The first-order valence-electron chi connectivity index (χ1n) is 3.29. The minimum absolute atomic E-state index is 0.157. The molecule has 0 heterocycles. The third kappa shape index (κ3) is 4.69. The molecule has 4 N–H and O–H groups in total. The van der Waals surface area contributed by atoms with Gasteiger partial charge in [-0.05, 0) is 0 Å². The fraction of sp³-hybridized carbons (Fsp3) is 1.00. The Hall–Kier alpha value is -0.160. The number of aliphatic hydroxyl groups is 4. The second-order valence-electron chi connectivity index (χ2n) is 2.42. The molecule has 0 aromatic carbocycles. The summed E-state index contributed by atoms with van der Waals surface area (Å²) in [6, 6.07) is 0. The number of hydrogen-bond acceptors (Lipinski definition) is 4. The lowest BCUT2D eigenvalue weighted by atomic mass is 10.1. The third-order valence-electron chi connectivity index (χ3n) is 1.16. The number of hydrogen-bond donors (Lipinski definition) is 4. The van der Waals surface area contributed by atoms with E-state index in [2.05, 4.69) is 0 Å². The molecule has 4 nitrogen and oxygen atoms in total. The Morgan fingerprint density at radius 3 is 2.10 bits per heavy atom. The van der Waals surface area contributed by atoms with E-state index in [-0.39, 0.29) is 6.42 Å². The van der Waals surface area contributed by atoms with Gasteiger partial charge in [-0.15, -0.1) is 0 Å². The van der Waals surface area contributed by atoms with E-state index >= 15 is 0 Å². The molecule has 0 aromatic rings. The molecule has 10 heavy (non-hydrogen) atoms. The maximum absolute atomic E-state index is 8.92. The van der Waals surface area contributed by atoms with E-state index in [4.69, 9.17) is 20.4 Å². The van der Waals surface area contributed by atoms with Crippen molar-refractivity contribution in [2.45, 2.75) is 38.3 Å². The van der Waals surface area contributed by atoms with Gasteiger partial charge in [-0.3, -0.25) is 0 Å². The van der Waals surface area contributed by atoms with Crippen molar-refractivity contribution in [3.63, 3.8) is 0 Å². The topological polar surface area (TPSA) is 80.9 Å². The highest BCUT2D eigenvalue weighted by atomic mass is 16.5. The van der Waals surface area contributed by atoms with E-state index in [0.717, 1.165) is 0 Å². The van der Waals surface area contributed by atoms with Crippen molar-refractivity contribution < 1.29 is 20.4 Å². The van der Waals surface area contributed by atoms with Crippen molar-refractivity contribution in [2.24, 2.45) is 0 Å². The lowest BCUT2D eigenvalue weighted by Crippen LogP contribution is -2.32. The van der Waals surface area contributed by atoms with Crippen LogP contribution < -0.4 is 0 Å². The van der Waals surface area contributed by atoms with E-state index < -0.39 is 18.5 Å². The minimum atomic E-state index is -1.93. The second kappa shape index (κ2) is 3.88. The summed E-state index contributed by atoms with van der Waals surface area (Å²) in [7, 11) is 0. The van der Waals surface area contributed by atoms with Gasteiger partial charge in [-0.1, -0.05) is 13.3 Å². The lowest BCUT2D eigenvalue weighted by molar-refractivity contribution is -0.211. The molecular formula is C6H14O4. The average Bonchev–Trinajstić information content (AvgIpc) is 1.59. The molecule has 0 fully saturated rings. The number of rotatable bonds is 4. The summed E-state index contributed by atoms with van der Waals surface area (Å²) in [6.45, 7) is 1.78. The van der Waals surface area contributed by atoms with Gasteiger partial charge in [0.1, 0.15) is 0 Å². The van der Waals surface area contributed by atoms with Crippen LogP contribution in [-0.2, 0) is 0 Å². The fourth-order valence-corrected chi connectivity index (χ4v) is 0.795. The van der Waals surface area contributed by atoms with Gasteiger partial charge in [0.25, 0.3) is 0 Å². The molecule has 0 rings (SSSR count). The normalized spacial score (nSPS) is 12.6. The summed E-state index contributed by atoms with van der Waals surface area (Å²) < 4.78 is 0. The van der Waals surface area contributed by atoms with Crippen molar-refractivity contribution in [1.29, 1.82) is 0 Å². The van der Waals surface area contributed by atoms with Crippen molar-refractivity contribution in [3.05, 3.63) is 0 Å². The van der Waals surface area contributed by atoms with Crippen LogP contribution in [0.2, 0.25) is 0 Å². The summed E-state index contributed by atoms with van der Waals surface area (Å²) in [4.78, 5) is 0. The van der Waals surface area contributed by atoms with Crippen molar-refractivity contribution in [3.8, 4) is 0 Å². The van der Waals surface area contributed by atoms with Gasteiger partial charge < -0.3 is 20.4 Å². The Bertz CT molecular complexity index is 89.7. The molecule has 0 aliphatic carbocycles. The Labute approximate surface area is 59.7 Å². The molecule has 4 heteroatoms. The Morgan fingerprint density at radius 2 is 1.80 bits per heavy atom. The van der Waals surface area contributed by atoms with Gasteiger partial charge in [-0.2, -0.15) is 0 Å². The van der Waals surface area contributed by atoms with Crippen molar-refractivity contribution in [1.82, 2.24) is 0 Å². The van der Waals surface area contributed by atoms with E-state index in [1.165, 1.54) is 0 Å². The first-order valence-corrected chi connectivity index (χ1v) is 3.29. The van der Waals surface area contributed by atoms with Gasteiger partial charge >= 0.3 is 0 Å². The summed E-state index contributed by atoms with van der Waals surface area (Å²) >= 11 is 0. The van der Waals surface area contributed by atoms with E-state index in [1.54, 1.807) is 6.92 Å². The van der Waals surface area contributed by atoms with Gasteiger partial charge in [0.05, 0.1) is 6.42 Å². The Balaban J connectivity index is 3.63.